The molecule has 0 bridgehead atoms. The zero-order valence-electron chi connectivity index (χ0n) is 9.94. The van der Waals surface area contributed by atoms with Crippen LogP contribution in [0.2, 0.25) is 5.02 Å². The van der Waals surface area contributed by atoms with E-state index in [0.29, 0.717) is 21.5 Å². The molecule has 0 radical (unpaired) electrons. The van der Waals surface area contributed by atoms with Gasteiger partial charge in [-0.1, -0.05) is 11.6 Å². The molecule has 7 heteroatoms. The van der Waals surface area contributed by atoms with Gasteiger partial charge >= 0.3 is 5.97 Å². The number of thiazole rings is 1. The average Bonchev–Trinajstić information content (AvgIpc) is 2.81. The van der Waals surface area contributed by atoms with Crippen LogP contribution in [0.1, 0.15) is 5.69 Å². The molecule has 0 saturated heterocycles. The topological polar surface area (TPSA) is 51.2 Å². The Bertz CT molecular complexity index is 603. The van der Waals surface area contributed by atoms with Gasteiger partial charge in [-0.15, -0.1) is 11.3 Å². The van der Waals surface area contributed by atoms with Crippen molar-refractivity contribution in [1.29, 1.82) is 0 Å². The number of benzene rings is 1. The lowest BCUT2D eigenvalue weighted by Gasteiger charge is -2.04. The molecule has 0 aliphatic carbocycles. The van der Waals surface area contributed by atoms with E-state index in [4.69, 9.17) is 11.6 Å². The van der Waals surface area contributed by atoms with Crippen molar-refractivity contribution in [1.82, 2.24) is 4.98 Å². The van der Waals surface area contributed by atoms with Gasteiger partial charge in [0.05, 0.1) is 29.9 Å². The number of nitrogens with one attached hydrogen (secondary N) is 1. The van der Waals surface area contributed by atoms with E-state index in [1.54, 1.807) is 5.38 Å². The Balaban J connectivity index is 2.11. The summed E-state index contributed by atoms with van der Waals surface area (Å²) in [5.74, 6) is -0.751. The summed E-state index contributed by atoms with van der Waals surface area (Å²) in [4.78, 5) is 15.3. The number of methoxy groups -OCH3 is 1. The molecule has 1 N–H and O–H groups in total. The SMILES string of the molecule is COC(=O)Cc1csc(Nc2cc(F)ccc2Cl)n1. The van der Waals surface area contributed by atoms with Crippen molar-refractivity contribution in [2.45, 2.75) is 6.42 Å². The van der Waals surface area contributed by atoms with E-state index in [1.807, 2.05) is 0 Å². The summed E-state index contributed by atoms with van der Waals surface area (Å²) in [6, 6.07) is 4.02. The number of carbonyl (C=O) groups excluding carboxylic acids is 1. The monoisotopic (exact) mass is 300 g/mol. The Morgan fingerprint density at radius 1 is 1.58 bits per heavy atom. The fourth-order valence-corrected chi connectivity index (χ4v) is 2.26. The summed E-state index contributed by atoms with van der Waals surface area (Å²) in [5, 5.41) is 5.56. The molecule has 0 amide bonds. The number of esters is 1. The van der Waals surface area contributed by atoms with Crippen LogP contribution < -0.4 is 5.32 Å². The summed E-state index contributed by atoms with van der Waals surface area (Å²) in [7, 11) is 1.32. The van der Waals surface area contributed by atoms with Crippen LogP contribution in [-0.2, 0) is 16.0 Å². The van der Waals surface area contributed by atoms with Crippen LogP contribution in [0, 0.1) is 5.82 Å². The van der Waals surface area contributed by atoms with Crippen LogP contribution in [0.5, 0.6) is 0 Å². The molecular formula is C12H10ClFN2O2S. The molecule has 1 aromatic carbocycles. The Hall–Kier alpha value is -1.66. The lowest BCUT2D eigenvalue weighted by molar-refractivity contribution is -0.139. The van der Waals surface area contributed by atoms with Gasteiger partial charge < -0.3 is 10.1 Å². The van der Waals surface area contributed by atoms with E-state index in [2.05, 4.69) is 15.0 Å². The highest BCUT2D eigenvalue weighted by Crippen LogP contribution is 2.27. The lowest BCUT2D eigenvalue weighted by atomic mass is 10.3. The summed E-state index contributed by atoms with van der Waals surface area (Å²) >= 11 is 7.23. The van der Waals surface area contributed by atoms with Crippen molar-refractivity contribution >= 4 is 39.7 Å². The number of ether oxygens (including phenoxy) is 1. The van der Waals surface area contributed by atoms with E-state index in [0.717, 1.165) is 0 Å². The van der Waals surface area contributed by atoms with E-state index >= 15 is 0 Å². The largest absolute Gasteiger partial charge is 0.469 e. The zero-order valence-corrected chi connectivity index (χ0v) is 11.5. The molecule has 0 fully saturated rings. The Morgan fingerprint density at radius 2 is 2.37 bits per heavy atom. The second-order valence-electron chi connectivity index (χ2n) is 3.65. The number of carbonyl (C=O) groups is 1. The first-order valence-corrected chi connectivity index (χ1v) is 6.57. The fraction of sp³-hybridized carbons (Fsp3) is 0.167. The molecule has 0 aliphatic rings. The summed E-state index contributed by atoms with van der Waals surface area (Å²) in [5.41, 5.74) is 1.02. The number of halogens is 2. The molecule has 1 aromatic heterocycles. The molecular weight excluding hydrogens is 291 g/mol. The van der Waals surface area contributed by atoms with Crippen LogP contribution in [0.15, 0.2) is 23.6 Å². The Morgan fingerprint density at radius 3 is 3.11 bits per heavy atom. The number of aromatic nitrogens is 1. The smallest absolute Gasteiger partial charge is 0.311 e. The number of rotatable bonds is 4. The van der Waals surface area contributed by atoms with Gasteiger partial charge in [0.2, 0.25) is 0 Å². The lowest BCUT2D eigenvalue weighted by Crippen LogP contribution is -2.04. The number of hydrogen-bond acceptors (Lipinski definition) is 5. The molecule has 19 heavy (non-hydrogen) atoms. The molecule has 0 atom stereocenters. The molecule has 2 rings (SSSR count). The zero-order chi connectivity index (χ0) is 13.8. The summed E-state index contributed by atoms with van der Waals surface area (Å²) in [6.07, 6.45) is 0.103. The maximum absolute atomic E-state index is 13.1. The van der Waals surface area contributed by atoms with Gasteiger partial charge in [0.15, 0.2) is 5.13 Å². The summed E-state index contributed by atoms with van der Waals surface area (Å²) < 4.78 is 17.6. The first-order valence-electron chi connectivity index (χ1n) is 5.32. The third-order valence-electron chi connectivity index (χ3n) is 2.27. The highest BCUT2D eigenvalue weighted by Gasteiger charge is 2.09. The molecule has 0 spiro atoms. The van der Waals surface area contributed by atoms with Crippen molar-refractivity contribution in [3.05, 3.63) is 40.1 Å². The van der Waals surface area contributed by atoms with Gasteiger partial charge in [-0.3, -0.25) is 4.79 Å². The Labute approximate surface area is 118 Å². The molecule has 2 aromatic rings. The maximum atomic E-state index is 13.1. The molecule has 0 unspecified atom stereocenters. The predicted molar refractivity (Wildman–Crippen MR) is 72.5 cm³/mol. The minimum absolute atomic E-state index is 0.103. The molecule has 100 valence electrons. The first-order chi connectivity index (χ1) is 9.08. The van der Waals surface area contributed by atoms with Crippen LogP contribution >= 0.6 is 22.9 Å². The standard InChI is InChI=1S/C12H10ClFN2O2S/c1-18-11(17)5-8-6-19-12(15-8)16-10-4-7(14)2-3-9(10)13/h2-4,6H,5H2,1H3,(H,15,16). The van der Waals surface area contributed by atoms with Crippen LogP contribution in [0.3, 0.4) is 0 Å². The molecule has 4 nitrogen and oxygen atoms in total. The van der Waals surface area contributed by atoms with E-state index in [9.17, 15) is 9.18 Å². The fourth-order valence-electron chi connectivity index (χ4n) is 1.37. The maximum Gasteiger partial charge on any atom is 0.311 e. The number of nitrogens with zero attached hydrogens (tertiary/aromatic N) is 1. The molecule has 1 heterocycles. The predicted octanol–water partition coefficient (Wildman–Crippen LogP) is 3.39. The quantitative estimate of drug-likeness (QED) is 0.879. The third kappa shape index (κ3) is 3.65. The van der Waals surface area contributed by atoms with Crippen LogP contribution in [0.4, 0.5) is 15.2 Å². The normalized spacial score (nSPS) is 10.3. The van der Waals surface area contributed by atoms with Crippen LogP contribution in [0.25, 0.3) is 0 Å². The molecule has 0 aliphatic heterocycles. The number of anilines is 2. The van der Waals surface area contributed by atoms with Crippen molar-refractivity contribution in [3.63, 3.8) is 0 Å². The minimum atomic E-state index is -0.391. The third-order valence-corrected chi connectivity index (χ3v) is 3.41. The second kappa shape index (κ2) is 5.99. The highest BCUT2D eigenvalue weighted by atomic mass is 35.5. The van der Waals surface area contributed by atoms with Gasteiger partial charge in [0.1, 0.15) is 5.82 Å². The van der Waals surface area contributed by atoms with Gasteiger partial charge in [0, 0.05) is 5.38 Å². The van der Waals surface area contributed by atoms with E-state index in [1.165, 1.54) is 36.6 Å². The highest BCUT2D eigenvalue weighted by molar-refractivity contribution is 7.13. The van der Waals surface area contributed by atoms with Crippen molar-refractivity contribution < 1.29 is 13.9 Å². The van der Waals surface area contributed by atoms with Gasteiger partial charge in [-0.05, 0) is 18.2 Å². The van der Waals surface area contributed by atoms with E-state index in [-0.39, 0.29) is 12.4 Å². The minimum Gasteiger partial charge on any atom is -0.469 e. The van der Waals surface area contributed by atoms with Gasteiger partial charge in [-0.2, -0.15) is 0 Å². The van der Waals surface area contributed by atoms with Crippen molar-refractivity contribution in [2.24, 2.45) is 0 Å². The molecule has 0 saturated carbocycles. The van der Waals surface area contributed by atoms with Crippen molar-refractivity contribution in [3.8, 4) is 0 Å². The van der Waals surface area contributed by atoms with Gasteiger partial charge in [0.25, 0.3) is 0 Å². The summed E-state index contributed by atoms with van der Waals surface area (Å²) in [6.45, 7) is 0. The first kappa shape index (κ1) is 13.8. The number of hydrogen-bond donors (Lipinski definition) is 1. The second-order valence-corrected chi connectivity index (χ2v) is 4.91. The van der Waals surface area contributed by atoms with Crippen LogP contribution in [-0.4, -0.2) is 18.1 Å². The van der Waals surface area contributed by atoms with E-state index < -0.39 is 5.82 Å². The van der Waals surface area contributed by atoms with Gasteiger partial charge in [-0.25, -0.2) is 9.37 Å². The average molecular weight is 301 g/mol. The Kier molecular flexibility index (Phi) is 4.34. The van der Waals surface area contributed by atoms with Crippen molar-refractivity contribution in [2.75, 3.05) is 12.4 Å².